The zero-order valence-electron chi connectivity index (χ0n) is 5.91. The number of rotatable bonds is 3. The number of methoxy groups -OCH3 is 1. The summed E-state index contributed by atoms with van der Waals surface area (Å²) in [6.07, 6.45) is 0. The van der Waals surface area contributed by atoms with E-state index in [1.807, 2.05) is 12.1 Å². The van der Waals surface area contributed by atoms with Crippen LogP contribution in [0.5, 0.6) is 11.5 Å². The first kappa shape index (κ1) is 8.61. The lowest BCUT2D eigenvalue weighted by Gasteiger charge is -2.01. The maximum atomic E-state index is 4.96. The van der Waals surface area contributed by atoms with Gasteiger partial charge in [0.1, 0.15) is 5.75 Å². The third-order valence-electron chi connectivity index (χ3n) is 1.17. The van der Waals surface area contributed by atoms with Gasteiger partial charge in [-0.2, -0.15) is 0 Å². The molecule has 0 N–H and O–H groups in total. The molecule has 0 unspecified atom stereocenters. The van der Waals surface area contributed by atoms with Crippen molar-refractivity contribution in [3.05, 3.63) is 24.3 Å². The fourth-order valence-corrected chi connectivity index (χ4v) is 0.897. The first-order valence-corrected chi connectivity index (χ1v) is 3.84. The fraction of sp³-hybridized carbons (Fsp3) is 0.143. The Bertz CT molecular complexity index is 227. The van der Waals surface area contributed by atoms with E-state index in [1.54, 1.807) is 42.2 Å². The third kappa shape index (κ3) is 2.55. The summed E-state index contributed by atoms with van der Waals surface area (Å²) < 4.78 is 9.40. The minimum Gasteiger partial charge on any atom is -0.497 e. The summed E-state index contributed by atoms with van der Waals surface area (Å²) in [4.78, 5) is 4.76. The van der Waals surface area contributed by atoms with Crippen LogP contribution >= 0.6 is 23.0 Å². The summed E-state index contributed by atoms with van der Waals surface area (Å²) in [6.45, 7) is 0. The highest BCUT2D eigenvalue weighted by Crippen LogP contribution is 2.19. The van der Waals surface area contributed by atoms with Gasteiger partial charge in [-0.15, -0.1) is 3.22 Å². The van der Waals surface area contributed by atoms with E-state index in [4.69, 9.17) is 9.62 Å². The summed E-state index contributed by atoms with van der Waals surface area (Å²) in [7, 11) is 1.60. The van der Waals surface area contributed by atoms with E-state index in [0.717, 1.165) is 5.75 Å². The molecular formula is C7H7IO3. The Morgan fingerprint density at radius 2 is 2.00 bits per heavy atom. The molecular weight excluding hydrogens is 259 g/mol. The van der Waals surface area contributed by atoms with Gasteiger partial charge >= 0.3 is 0 Å². The Labute approximate surface area is 78.9 Å². The highest BCUT2D eigenvalue weighted by Gasteiger charge is 1.95. The van der Waals surface area contributed by atoms with Crippen molar-refractivity contribution in [3.63, 3.8) is 0 Å². The van der Waals surface area contributed by atoms with Crippen LogP contribution in [0.2, 0.25) is 0 Å². The maximum Gasteiger partial charge on any atom is 0.170 e. The number of ether oxygens (including phenoxy) is 1. The average Bonchev–Trinajstić information content (AvgIpc) is 2.06. The van der Waals surface area contributed by atoms with E-state index in [1.165, 1.54) is 0 Å². The standard InChI is InChI=1S/C7H7IO3/c1-9-6-3-2-4-7(5-6)10-11-8/h2-5H,1H3. The molecule has 3 nitrogen and oxygen atoms in total. The minimum atomic E-state index is 0.624. The normalized spacial score (nSPS) is 9.27. The van der Waals surface area contributed by atoms with Crippen molar-refractivity contribution >= 4 is 23.0 Å². The van der Waals surface area contributed by atoms with Crippen LogP contribution in [-0.4, -0.2) is 7.11 Å². The largest absolute Gasteiger partial charge is 0.497 e. The molecule has 0 heterocycles. The lowest BCUT2D eigenvalue weighted by Crippen LogP contribution is -1.87. The smallest absolute Gasteiger partial charge is 0.170 e. The Balaban J connectivity index is 2.74. The molecule has 0 bridgehead atoms. The van der Waals surface area contributed by atoms with E-state index < -0.39 is 0 Å². The van der Waals surface area contributed by atoms with Crippen LogP contribution in [0.15, 0.2) is 24.3 Å². The summed E-state index contributed by atoms with van der Waals surface area (Å²) in [5, 5.41) is 0. The molecule has 0 aliphatic carbocycles. The van der Waals surface area contributed by atoms with Gasteiger partial charge in [0.05, 0.1) is 7.11 Å². The number of benzene rings is 1. The van der Waals surface area contributed by atoms with E-state index in [9.17, 15) is 0 Å². The van der Waals surface area contributed by atoms with Crippen molar-refractivity contribution in [1.29, 1.82) is 0 Å². The zero-order valence-corrected chi connectivity index (χ0v) is 8.07. The Kier molecular flexibility index (Phi) is 3.44. The lowest BCUT2D eigenvalue weighted by molar-refractivity contribution is -0.0473. The van der Waals surface area contributed by atoms with Gasteiger partial charge < -0.3 is 9.62 Å². The topological polar surface area (TPSA) is 27.7 Å². The molecule has 0 amide bonds. The van der Waals surface area contributed by atoms with Gasteiger partial charge in [-0.05, 0) is 12.1 Å². The number of hydrogen-bond acceptors (Lipinski definition) is 3. The highest BCUT2D eigenvalue weighted by atomic mass is 127. The lowest BCUT2D eigenvalue weighted by atomic mass is 10.3. The fourth-order valence-electron chi connectivity index (χ4n) is 0.689. The third-order valence-corrected chi connectivity index (χ3v) is 1.35. The summed E-state index contributed by atoms with van der Waals surface area (Å²) >= 11 is 1.65. The summed E-state index contributed by atoms with van der Waals surface area (Å²) in [6, 6.07) is 7.17. The molecule has 0 fully saturated rings. The molecule has 11 heavy (non-hydrogen) atoms. The molecule has 0 atom stereocenters. The van der Waals surface area contributed by atoms with Crippen LogP contribution in [0.25, 0.3) is 0 Å². The van der Waals surface area contributed by atoms with Gasteiger partial charge in [-0.1, -0.05) is 6.07 Å². The van der Waals surface area contributed by atoms with Crippen molar-refractivity contribution in [3.8, 4) is 11.5 Å². The molecule has 0 radical (unpaired) electrons. The van der Waals surface area contributed by atoms with Gasteiger partial charge in [-0.3, -0.25) is 0 Å². The Morgan fingerprint density at radius 1 is 1.27 bits per heavy atom. The summed E-state index contributed by atoms with van der Waals surface area (Å²) in [5.41, 5.74) is 0. The molecule has 0 aliphatic heterocycles. The molecule has 0 aliphatic rings. The SMILES string of the molecule is COc1cccc(OOI)c1. The van der Waals surface area contributed by atoms with Gasteiger partial charge in [0, 0.05) is 6.07 Å². The Morgan fingerprint density at radius 3 is 2.64 bits per heavy atom. The van der Waals surface area contributed by atoms with E-state index >= 15 is 0 Å². The van der Waals surface area contributed by atoms with Crippen LogP contribution in [-0.2, 0) is 3.22 Å². The zero-order chi connectivity index (χ0) is 8.10. The van der Waals surface area contributed by atoms with E-state index in [-0.39, 0.29) is 0 Å². The second-order valence-electron chi connectivity index (χ2n) is 1.83. The first-order chi connectivity index (χ1) is 5.36. The van der Waals surface area contributed by atoms with Crippen LogP contribution in [0.1, 0.15) is 0 Å². The number of hydrogen-bond donors (Lipinski definition) is 0. The summed E-state index contributed by atoms with van der Waals surface area (Å²) in [5.74, 6) is 1.37. The van der Waals surface area contributed by atoms with Crippen molar-refractivity contribution in [1.82, 2.24) is 0 Å². The van der Waals surface area contributed by atoms with Crippen molar-refractivity contribution in [2.75, 3.05) is 7.11 Å². The predicted octanol–water partition coefficient (Wildman–Crippen LogP) is 2.36. The molecule has 1 aromatic rings. The van der Waals surface area contributed by atoms with Crippen molar-refractivity contribution in [2.45, 2.75) is 0 Å². The highest BCUT2D eigenvalue weighted by molar-refractivity contribution is 14.1. The quantitative estimate of drug-likeness (QED) is 0.477. The molecule has 4 heteroatoms. The molecule has 60 valence electrons. The minimum absolute atomic E-state index is 0.624. The molecule has 0 saturated heterocycles. The van der Waals surface area contributed by atoms with Gasteiger partial charge in [0.2, 0.25) is 0 Å². The Hall–Kier alpha value is -0.490. The van der Waals surface area contributed by atoms with Crippen LogP contribution in [0.4, 0.5) is 0 Å². The van der Waals surface area contributed by atoms with Gasteiger partial charge in [-0.25, -0.2) is 0 Å². The second kappa shape index (κ2) is 4.40. The maximum absolute atomic E-state index is 4.96. The molecule has 0 spiro atoms. The van der Waals surface area contributed by atoms with Crippen LogP contribution in [0, 0.1) is 0 Å². The van der Waals surface area contributed by atoms with Crippen LogP contribution < -0.4 is 9.62 Å². The average molecular weight is 266 g/mol. The van der Waals surface area contributed by atoms with Crippen molar-refractivity contribution in [2.24, 2.45) is 0 Å². The van der Waals surface area contributed by atoms with Gasteiger partial charge in [0.25, 0.3) is 0 Å². The van der Waals surface area contributed by atoms with Crippen LogP contribution in [0.3, 0.4) is 0 Å². The first-order valence-electron chi connectivity index (χ1n) is 2.96. The molecule has 0 saturated carbocycles. The number of halogens is 1. The predicted molar refractivity (Wildman–Crippen MR) is 48.7 cm³/mol. The molecule has 0 aromatic heterocycles. The monoisotopic (exact) mass is 266 g/mol. The van der Waals surface area contributed by atoms with E-state index in [2.05, 4.69) is 3.22 Å². The van der Waals surface area contributed by atoms with Crippen molar-refractivity contribution < 1.29 is 12.8 Å². The van der Waals surface area contributed by atoms with Gasteiger partial charge in [0.15, 0.2) is 28.8 Å². The van der Waals surface area contributed by atoms with E-state index in [0.29, 0.717) is 5.75 Å². The molecule has 1 aromatic carbocycles. The second-order valence-corrected chi connectivity index (χ2v) is 2.18. The molecule has 1 rings (SSSR count).